The molecule has 0 spiro atoms. The van der Waals surface area contributed by atoms with Gasteiger partial charge in [0.05, 0.1) is 0 Å². The fourth-order valence-electron chi connectivity index (χ4n) is 4.94. The number of halogens is 2. The molecule has 0 amide bonds. The summed E-state index contributed by atoms with van der Waals surface area (Å²) in [6.45, 7) is 13.0. The molecule has 6 rings (SSSR count). The van der Waals surface area contributed by atoms with Gasteiger partial charge in [-0.1, -0.05) is 38.8 Å². The second-order valence-corrected chi connectivity index (χ2v) is 16.0. The van der Waals surface area contributed by atoms with Gasteiger partial charge in [0.15, 0.2) is 0 Å². The number of hydrogen-bond donors (Lipinski definition) is 0. The van der Waals surface area contributed by atoms with E-state index in [-0.39, 0.29) is 0 Å². The number of rotatable bonds is 2. The first kappa shape index (κ1) is 30.2. The van der Waals surface area contributed by atoms with Crippen molar-refractivity contribution < 1.29 is 15.3 Å². The normalized spacial score (nSPS) is 10.5. The van der Waals surface area contributed by atoms with Gasteiger partial charge in [0.1, 0.15) is 0 Å². The Labute approximate surface area is 253 Å². The van der Waals surface area contributed by atoms with Crippen molar-refractivity contribution >= 4 is 44.0 Å². The first-order chi connectivity index (χ1) is 19.2. The first-order valence-electron chi connectivity index (χ1n) is 13.6. The zero-order valence-corrected chi connectivity index (χ0v) is 27.2. The van der Waals surface area contributed by atoms with Crippen molar-refractivity contribution in [2.24, 2.45) is 0 Å². The van der Waals surface area contributed by atoms with Crippen LogP contribution in [0.15, 0.2) is 109 Å². The molecule has 0 aliphatic carbocycles. The zero-order valence-electron chi connectivity index (χ0n) is 24.1. The minimum atomic E-state index is -2.15. The van der Waals surface area contributed by atoms with E-state index in [1.807, 2.05) is 36.4 Å². The van der Waals surface area contributed by atoms with Crippen LogP contribution < -0.4 is 0 Å². The molecule has 6 aromatic rings. The maximum absolute atomic E-state index is 6.21. The molecule has 0 heterocycles. The standard InChI is InChI=1S/C13H10.2C12H13.2ClH.Ti/c1-3-7-12(8-4-1)11-13-9-5-2-6-10-13;2*1-8-4-5-11-7-9(2)10(3)12(11)6-8;;;/h1-10H;2*4-7H,1-3H3;2*1H;/q;2*-1;;;+2/p-2. The van der Waals surface area contributed by atoms with E-state index >= 15 is 0 Å². The Hall–Kier alpha value is -2.74. The third-order valence-corrected chi connectivity index (χ3v) is 10.5. The molecule has 0 atom stereocenters. The molecule has 0 fully saturated rings. The summed E-state index contributed by atoms with van der Waals surface area (Å²) in [5, 5.41) is 5.56. The average molecular weight is 599 g/mol. The van der Waals surface area contributed by atoms with Gasteiger partial charge in [0.25, 0.3) is 0 Å². The van der Waals surface area contributed by atoms with Crippen LogP contribution in [0.3, 0.4) is 0 Å². The molecular weight excluding hydrogens is 563 g/mol. The Balaban J connectivity index is 0.000000141. The third kappa shape index (κ3) is 7.31. The molecule has 0 saturated carbocycles. The van der Waals surface area contributed by atoms with Gasteiger partial charge in [-0.05, 0) is 13.8 Å². The van der Waals surface area contributed by atoms with Crippen LogP contribution in [0.1, 0.15) is 44.5 Å². The molecule has 0 bridgehead atoms. The van der Waals surface area contributed by atoms with Gasteiger partial charge in [-0.25, -0.2) is 0 Å². The summed E-state index contributed by atoms with van der Waals surface area (Å²) < 4.78 is 1.12. The number of fused-ring (bicyclic) bond motifs is 2. The van der Waals surface area contributed by atoms with Crippen LogP contribution in [0.2, 0.25) is 0 Å². The Morgan fingerprint density at radius 2 is 0.900 bits per heavy atom. The quantitative estimate of drug-likeness (QED) is 0.137. The van der Waals surface area contributed by atoms with Crippen molar-refractivity contribution in [3.8, 4) is 0 Å². The molecule has 0 unspecified atom stereocenters. The number of hydrogen-bond acceptors (Lipinski definition) is 0. The van der Waals surface area contributed by atoms with Gasteiger partial charge in [0, 0.05) is 0 Å². The van der Waals surface area contributed by atoms with Gasteiger partial charge in [0.2, 0.25) is 0 Å². The summed E-state index contributed by atoms with van der Waals surface area (Å²) in [4.78, 5) is 0. The molecule has 0 saturated heterocycles. The fourth-order valence-corrected chi connectivity index (χ4v) is 7.95. The van der Waals surface area contributed by atoms with Crippen molar-refractivity contribution in [2.75, 3.05) is 0 Å². The molecule has 0 N–H and O–H groups in total. The van der Waals surface area contributed by atoms with E-state index in [9.17, 15) is 0 Å². The van der Waals surface area contributed by atoms with Crippen LogP contribution in [-0.2, 0) is 15.3 Å². The van der Waals surface area contributed by atoms with Gasteiger partial charge in [-0.2, -0.15) is 11.1 Å². The Morgan fingerprint density at radius 3 is 1.25 bits per heavy atom. The summed E-state index contributed by atoms with van der Waals surface area (Å²) in [7, 11) is 12.4. The second-order valence-electron chi connectivity index (χ2n) is 10.5. The molecule has 40 heavy (non-hydrogen) atoms. The second kappa shape index (κ2) is 13.8. The van der Waals surface area contributed by atoms with Gasteiger partial charge in [-0.3, -0.25) is 0 Å². The number of benzene rings is 4. The summed E-state index contributed by atoms with van der Waals surface area (Å²) >= 11 is -2.15. The maximum atomic E-state index is 6.21. The molecule has 0 radical (unpaired) electrons. The van der Waals surface area contributed by atoms with Gasteiger partial charge >= 0.3 is 109 Å². The predicted octanol–water partition coefficient (Wildman–Crippen LogP) is 11.1. The molecule has 0 nitrogen and oxygen atoms in total. The van der Waals surface area contributed by atoms with Crippen LogP contribution in [0.5, 0.6) is 0 Å². The number of aryl methyl sites for hydroxylation is 6. The van der Waals surface area contributed by atoms with E-state index in [1.54, 1.807) is 0 Å². The fraction of sp³-hybridized carbons (Fsp3) is 0.162. The summed E-state index contributed by atoms with van der Waals surface area (Å²) in [5.41, 5.74) is 10.6. The molecular formula is C37H36Cl2Ti-2. The van der Waals surface area contributed by atoms with Gasteiger partial charge in [-0.15, -0.1) is 81.2 Å². The SMILES string of the molecule is Cc1ccc2[cH-]c(C)c(C)c2c1.Cc1ccc2[cH-]c(C)c(C)c2c1.[Cl][Ti]([Cl])=[C](c1ccccc1)c1ccccc1. The topological polar surface area (TPSA) is 0 Å². The van der Waals surface area contributed by atoms with Crippen LogP contribution in [0.4, 0.5) is 0 Å². The van der Waals surface area contributed by atoms with Crippen LogP contribution in [-0.4, -0.2) is 3.81 Å². The van der Waals surface area contributed by atoms with E-state index in [0.717, 1.165) is 14.9 Å². The van der Waals surface area contributed by atoms with E-state index in [4.69, 9.17) is 18.6 Å². The van der Waals surface area contributed by atoms with Crippen LogP contribution >= 0.6 is 18.6 Å². The molecule has 0 aromatic heterocycles. The molecule has 6 aromatic carbocycles. The average Bonchev–Trinajstić information content (AvgIpc) is 3.39. The molecule has 0 aliphatic rings. The van der Waals surface area contributed by atoms with E-state index in [0.29, 0.717) is 0 Å². The van der Waals surface area contributed by atoms with Crippen molar-refractivity contribution in [1.29, 1.82) is 0 Å². The Bertz CT molecular complexity index is 1620. The van der Waals surface area contributed by atoms with E-state index in [1.165, 1.54) is 54.9 Å². The monoisotopic (exact) mass is 598 g/mol. The van der Waals surface area contributed by atoms with Crippen molar-refractivity contribution in [2.45, 2.75) is 41.5 Å². The molecule has 3 heteroatoms. The van der Waals surface area contributed by atoms with Crippen molar-refractivity contribution in [1.82, 2.24) is 0 Å². The van der Waals surface area contributed by atoms with Crippen molar-refractivity contribution in [3.63, 3.8) is 0 Å². The third-order valence-electron chi connectivity index (χ3n) is 7.47. The van der Waals surface area contributed by atoms with Crippen LogP contribution in [0.25, 0.3) is 21.5 Å². The predicted molar refractivity (Wildman–Crippen MR) is 175 cm³/mol. The summed E-state index contributed by atoms with van der Waals surface area (Å²) in [6, 6.07) is 38.0. The first-order valence-corrected chi connectivity index (χ1v) is 18.7. The molecule has 204 valence electrons. The Kier molecular flexibility index (Phi) is 10.4. The summed E-state index contributed by atoms with van der Waals surface area (Å²) in [6.07, 6.45) is 0. The van der Waals surface area contributed by atoms with E-state index < -0.39 is 15.3 Å². The van der Waals surface area contributed by atoms with Gasteiger partial charge < -0.3 is 0 Å². The Morgan fingerprint density at radius 1 is 0.525 bits per heavy atom. The minimum absolute atomic E-state index is 1.12. The van der Waals surface area contributed by atoms with Crippen molar-refractivity contribution in [3.05, 3.63) is 154 Å². The van der Waals surface area contributed by atoms with E-state index in [2.05, 4.69) is 114 Å². The van der Waals surface area contributed by atoms with Crippen LogP contribution in [0, 0.1) is 41.5 Å². The zero-order chi connectivity index (χ0) is 28.8. The molecule has 0 aliphatic heterocycles. The summed E-state index contributed by atoms with van der Waals surface area (Å²) in [5.74, 6) is 0.